The van der Waals surface area contributed by atoms with Crippen molar-refractivity contribution in [3.63, 3.8) is 0 Å². The normalized spacial score (nSPS) is 20.1. The summed E-state index contributed by atoms with van der Waals surface area (Å²) >= 11 is 0. The van der Waals surface area contributed by atoms with E-state index in [1.807, 2.05) is 0 Å². The van der Waals surface area contributed by atoms with Crippen LogP contribution in [-0.4, -0.2) is 17.5 Å². The van der Waals surface area contributed by atoms with Crippen LogP contribution < -0.4 is 10.6 Å². The number of hydrogen-bond donors (Lipinski definition) is 1. The van der Waals surface area contributed by atoms with Crippen LogP contribution in [0.3, 0.4) is 0 Å². The second-order valence-electron chi connectivity index (χ2n) is 4.19. The Balaban J connectivity index is 2.44. The van der Waals surface area contributed by atoms with E-state index in [1.165, 1.54) is 6.07 Å². The molecule has 1 atom stereocenters. The van der Waals surface area contributed by atoms with Crippen molar-refractivity contribution in [2.24, 2.45) is 0 Å². The van der Waals surface area contributed by atoms with Gasteiger partial charge in [0.1, 0.15) is 5.69 Å². The molecular weight excluding hydrogens is 206 g/mol. The van der Waals surface area contributed by atoms with Crippen LogP contribution in [0.25, 0.3) is 0 Å². The van der Waals surface area contributed by atoms with Gasteiger partial charge in [-0.1, -0.05) is 0 Å². The van der Waals surface area contributed by atoms with Crippen LogP contribution in [0.4, 0.5) is 17.1 Å². The lowest BCUT2D eigenvalue weighted by molar-refractivity contribution is -0.384. The van der Waals surface area contributed by atoms with Gasteiger partial charge in [0, 0.05) is 24.3 Å². The first-order chi connectivity index (χ1) is 7.59. The zero-order chi connectivity index (χ0) is 11.7. The Morgan fingerprint density at radius 1 is 1.56 bits per heavy atom. The van der Waals surface area contributed by atoms with E-state index in [9.17, 15) is 10.1 Å². The van der Waals surface area contributed by atoms with E-state index in [0.29, 0.717) is 17.4 Å². The van der Waals surface area contributed by atoms with Gasteiger partial charge in [0.25, 0.3) is 5.69 Å². The highest BCUT2D eigenvalue weighted by molar-refractivity contribution is 5.69. The Kier molecular flexibility index (Phi) is 2.68. The lowest BCUT2D eigenvalue weighted by atomic mass is 10.2. The van der Waals surface area contributed by atoms with Crippen molar-refractivity contribution in [2.75, 3.05) is 17.2 Å². The molecule has 86 valence electrons. The number of nitrogens with two attached hydrogens (primary N) is 1. The molecule has 1 saturated heterocycles. The molecule has 0 aromatic heterocycles. The van der Waals surface area contributed by atoms with Gasteiger partial charge in [0.05, 0.1) is 4.92 Å². The number of nitro groups is 1. The summed E-state index contributed by atoms with van der Waals surface area (Å²) in [5.41, 5.74) is 7.05. The van der Waals surface area contributed by atoms with Crippen molar-refractivity contribution >= 4 is 17.1 Å². The maximum atomic E-state index is 10.9. The van der Waals surface area contributed by atoms with Gasteiger partial charge in [-0.2, -0.15) is 0 Å². The first kappa shape index (κ1) is 10.7. The molecule has 0 saturated carbocycles. The summed E-state index contributed by atoms with van der Waals surface area (Å²) in [5, 5.41) is 10.9. The van der Waals surface area contributed by atoms with E-state index < -0.39 is 0 Å². The van der Waals surface area contributed by atoms with Crippen molar-refractivity contribution in [3.8, 4) is 0 Å². The SMILES string of the molecule is CC1CCCN1c1cc(N)ccc1[N+](=O)[O-]. The monoisotopic (exact) mass is 221 g/mol. The number of nitro benzene ring substituents is 1. The highest BCUT2D eigenvalue weighted by Crippen LogP contribution is 2.34. The lowest BCUT2D eigenvalue weighted by Gasteiger charge is -2.23. The Hall–Kier alpha value is -1.78. The first-order valence-electron chi connectivity index (χ1n) is 5.40. The highest BCUT2D eigenvalue weighted by Gasteiger charge is 2.26. The molecule has 0 radical (unpaired) electrons. The molecule has 0 amide bonds. The molecule has 0 aliphatic carbocycles. The molecule has 1 aliphatic rings. The van der Waals surface area contributed by atoms with Gasteiger partial charge in [-0.3, -0.25) is 10.1 Å². The van der Waals surface area contributed by atoms with Crippen molar-refractivity contribution < 1.29 is 4.92 Å². The minimum Gasteiger partial charge on any atom is -0.399 e. The van der Waals surface area contributed by atoms with Crippen LogP contribution in [0.2, 0.25) is 0 Å². The fourth-order valence-corrected chi connectivity index (χ4v) is 2.22. The fraction of sp³-hybridized carbons (Fsp3) is 0.455. The Morgan fingerprint density at radius 3 is 2.88 bits per heavy atom. The predicted octanol–water partition coefficient (Wildman–Crippen LogP) is 2.17. The Morgan fingerprint density at radius 2 is 2.31 bits per heavy atom. The standard InChI is InChI=1S/C11H15N3O2/c1-8-3-2-6-13(8)11-7-9(12)4-5-10(11)14(15)16/h4-5,7-8H,2-3,6,12H2,1H3. The largest absolute Gasteiger partial charge is 0.399 e. The van der Waals surface area contributed by atoms with Gasteiger partial charge in [-0.15, -0.1) is 0 Å². The van der Waals surface area contributed by atoms with Crippen LogP contribution >= 0.6 is 0 Å². The molecule has 16 heavy (non-hydrogen) atoms. The maximum absolute atomic E-state index is 10.9. The molecule has 0 bridgehead atoms. The molecule has 2 N–H and O–H groups in total. The summed E-state index contributed by atoms with van der Waals surface area (Å²) in [6.07, 6.45) is 2.15. The van der Waals surface area contributed by atoms with Gasteiger partial charge in [-0.25, -0.2) is 0 Å². The van der Waals surface area contributed by atoms with E-state index in [1.54, 1.807) is 12.1 Å². The van der Waals surface area contributed by atoms with Crippen LogP contribution in [-0.2, 0) is 0 Å². The van der Waals surface area contributed by atoms with E-state index in [4.69, 9.17) is 5.73 Å². The zero-order valence-electron chi connectivity index (χ0n) is 9.22. The third-order valence-corrected chi connectivity index (χ3v) is 3.06. The third-order valence-electron chi connectivity index (χ3n) is 3.06. The molecule has 0 spiro atoms. The average molecular weight is 221 g/mol. The minimum absolute atomic E-state index is 0.142. The molecule has 5 nitrogen and oxygen atoms in total. The van der Waals surface area contributed by atoms with E-state index in [0.717, 1.165) is 19.4 Å². The van der Waals surface area contributed by atoms with E-state index >= 15 is 0 Å². The zero-order valence-corrected chi connectivity index (χ0v) is 9.22. The number of benzene rings is 1. The Labute approximate surface area is 94.0 Å². The maximum Gasteiger partial charge on any atom is 0.292 e. The van der Waals surface area contributed by atoms with Gasteiger partial charge < -0.3 is 10.6 Å². The molecule has 5 heteroatoms. The van der Waals surface area contributed by atoms with Gasteiger partial charge >= 0.3 is 0 Å². The van der Waals surface area contributed by atoms with Crippen molar-refractivity contribution in [1.29, 1.82) is 0 Å². The first-order valence-corrected chi connectivity index (χ1v) is 5.40. The lowest BCUT2D eigenvalue weighted by Crippen LogP contribution is -2.27. The predicted molar refractivity (Wildman–Crippen MR) is 63.6 cm³/mol. The number of nitrogens with zero attached hydrogens (tertiary/aromatic N) is 2. The summed E-state index contributed by atoms with van der Waals surface area (Å²) in [6.45, 7) is 2.95. The molecule has 1 heterocycles. The number of hydrogen-bond acceptors (Lipinski definition) is 4. The average Bonchev–Trinajstić information content (AvgIpc) is 2.63. The minimum atomic E-state index is -0.347. The van der Waals surface area contributed by atoms with Crippen molar-refractivity contribution in [1.82, 2.24) is 0 Å². The molecule has 1 fully saturated rings. The molecular formula is C11H15N3O2. The number of rotatable bonds is 2. The molecule has 1 aliphatic heterocycles. The molecule has 1 aromatic carbocycles. The second kappa shape index (κ2) is 4.00. The highest BCUT2D eigenvalue weighted by atomic mass is 16.6. The summed E-state index contributed by atoms with van der Waals surface area (Å²) in [6, 6.07) is 5.10. The van der Waals surface area contributed by atoms with Gasteiger partial charge in [-0.05, 0) is 31.9 Å². The molecule has 2 rings (SSSR count). The number of nitrogen functional groups attached to an aromatic ring is 1. The summed E-state index contributed by atoms with van der Waals surface area (Å²) in [4.78, 5) is 12.7. The van der Waals surface area contributed by atoms with E-state index in [-0.39, 0.29) is 10.6 Å². The summed E-state index contributed by atoms with van der Waals surface area (Å²) in [5.74, 6) is 0. The van der Waals surface area contributed by atoms with Crippen LogP contribution in [0.1, 0.15) is 19.8 Å². The quantitative estimate of drug-likeness (QED) is 0.472. The third kappa shape index (κ3) is 1.80. The Bertz CT molecular complexity index is 420. The smallest absolute Gasteiger partial charge is 0.292 e. The summed E-state index contributed by atoms with van der Waals surface area (Å²) < 4.78 is 0. The van der Waals surface area contributed by atoms with Gasteiger partial charge in [0.2, 0.25) is 0 Å². The van der Waals surface area contributed by atoms with Crippen molar-refractivity contribution in [3.05, 3.63) is 28.3 Å². The summed E-state index contributed by atoms with van der Waals surface area (Å²) in [7, 11) is 0. The van der Waals surface area contributed by atoms with Crippen LogP contribution in [0.5, 0.6) is 0 Å². The molecule has 1 aromatic rings. The van der Waals surface area contributed by atoms with E-state index in [2.05, 4.69) is 11.8 Å². The number of anilines is 2. The van der Waals surface area contributed by atoms with Gasteiger partial charge in [0.15, 0.2) is 0 Å². The molecule has 1 unspecified atom stereocenters. The van der Waals surface area contributed by atoms with Crippen LogP contribution in [0.15, 0.2) is 18.2 Å². The topological polar surface area (TPSA) is 72.4 Å². The van der Waals surface area contributed by atoms with Crippen LogP contribution in [0, 0.1) is 10.1 Å². The van der Waals surface area contributed by atoms with Crippen molar-refractivity contribution in [2.45, 2.75) is 25.8 Å². The fourth-order valence-electron chi connectivity index (χ4n) is 2.22. The second-order valence-corrected chi connectivity index (χ2v) is 4.19.